The Kier molecular flexibility index (Phi) is 9.21. The summed E-state index contributed by atoms with van der Waals surface area (Å²) in [5, 5.41) is 39.9. The van der Waals surface area contributed by atoms with E-state index in [-0.39, 0.29) is 35.3 Å². The summed E-state index contributed by atoms with van der Waals surface area (Å²) in [6.07, 6.45) is -6.12. The Morgan fingerprint density at radius 1 is 1.25 bits per heavy atom. The van der Waals surface area contributed by atoms with Gasteiger partial charge in [-0.2, -0.15) is 0 Å². The van der Waals surface area contributed by atoms with Crippen molar-refractivity contribution < 1.29 is 64.3 Å². The predicted octanol–water partition coefficient (Wildman–Crippen LogP) is -4.33. The van der Waals surface area contributed by atoms with Crippen molar-refractivity contribution in [1.82, 2.24) is 0 Å². The Labute approximate surface area is 166 Å². The summed E-state index contributed by atoms with van der Waals surface area (Å²) in [5.74, 6) is -1.17. The van der Waals surface area contributed by atoms with E-state index in [1.54, 1.807) is 30.3 Å². The standard InChI is InChI=1S/C15H20O7S.Na/c1-21-15-12(18)11(17)10(16)9(22-15)7-23-13(14(19)20)8-5-3-2-4-6-8;/h2-6,9-13,15-18H,7H2,1H3,(H,19,20);/q;+1/p-1/t9-,10-,11+,12-,13?,15-;/m1./s1. The SMILES string of the molecule is CO[C@@H]1O[C@H](CSC(C(=O)[O-])c2ccccc2)[C@@H](O)[C@H](O)[C@H]1O.[Na+]. The molecule has 0 amide bonds. The minimum atomic E-state index is -1.43. The van der Waals surface area contributed by atoms with E-state index < -0.39 is 41.9 Å². The maximum atomic E-state index is 11.3. The maximum Gasteiger partial charge on any atom is 1.00 e. The number of carboxylic acid groups (broad SMARTS) is 1. The molecule has 1 fully saturated rings. The molecule has 1 saturated heterocycles. The van der Waals surface area contributed by atoms with E-state index in [1.807, 2.05) is 0 Å². The van der Waals surface area contributed by atoms with Crippen molar-refractivity contribution >= 4 is 17.7 Å². The third kappa shape index (κ3) is 5.17. The Morgan fingerprint density at radius 3 is 2.42 bits per heavy atom. The van der Waals surface area contributed by atoms with Crippen molar-refractivity contribution in [3.63, 3.8) is 0 Å². The summed E-state index contributed by atoms with van der Waals surface area (Å²) in [5.41, 5.74) is 0.562. The van der Waals surface area contributed by atoms with Gasteiger partial charge in [0.05, 0.1) is 17.3 Å². The summed E-state index contributed by atoms with van der Waals surface area (Å²) in [7, 11) is 1.30. The number of aliphatic carboxylic acids is 1. The number of carbonyl (C=O) groups is 1. The van der Waals surface area contributed by atoms with Gasteiger partial charge in [-0.15, -0.1) is 11.8 Å². The number of aliphatic hydroxyl groups excluding tert-OH is 3. The van der Waals surface area contributed by atoms with Gasteiger partial charge in [-0.05, 0) is 5.56 Å². The second-order valence-electron chi connectivity index (χ2n) is 5.19. The molecule has 2 rings (SSSR count). The summed E-state index contributed by atoms with van der Waals surface area (Å²) in [4.78, 5) is 11.3. The van der Waals surface area contributed by atoms with E-state index >= 15 is 0 Å². The first-order valence-electron chi connectivity index (χ1n) is 7.05. The van der Waals surface area contributed by atoms with Gasteiger partial charge >= 0.3 is 29.6 Å². The number of rotatable bonds is 6. The number of aliphatic hydroxyl groups is 3. The van der Waals surface area contributed by atoms with E-state index in [0.29, 0.717) is 5.56 Å². The van der Waals surface area contributed by atoms with Crippen molar-refractivity contribution in [2.24, 2.45) is 0 Å². The smallest absolute Gasteiger partial charge is 0.549 e. The molecule has 0 bridgehead atoms. The van der Waals surface area contributed by atoms with Crippen molar-refractivity contribution in [2.75, 3.05) is 12.9 Å². The first kappa shape index (κ1) is 21.9. The molecule has 1 aliphatic rings. The molecular weight excluding hydrogens is 347 g/mol. The molecule has 1 aromatic carbocycles. The maximum absolute atomic E-state index is 11.3. The number of carboxylic acids is 1. The molecule has 6 atom stereocenters. The topological polar surface area (TPSA) is 119 Å². The van der Waals surface area contributed by atoms with Crippen LogP contribution in [0.5, 0.6) is 0 Å². The van der Waals surface area contributed by atoms with E-state index in [0.717, 1.165) is 11.8 Å². The molecule has 0 saturated carbocycles. The number of carbonyl (C=O) groups excluding carboxylic acids is 1. The van der Waals surface area contributed by atoms with Crippen LogP contribution in [-0.4, -0.2) is 64.9 Å². The number of benzene rings is 1. The molecule has 128 valence electrons. The fraction of sp³-hybridized carbons (Fsp3) is 0.533. The normalized spacial score (nSPS) is 31.1. The minimum absolute atomic E-state index is 0. The Morgan fingerprint density at radius 2 is 1.88 bits per heavy atom. The molecule has 0 aromatic heterocycles. The summed E-state index contributed by atoms with van der Waals surface area (Å²) in [6, 6.07) is 8.55. The van der Waals surface area contributed by atoms with Crippen LogP contribution in [0.1, 0.15) is 10.8 Å². The van der Waals surface area contributed by atoms with Crippen molar-refractivity contribution in [3.8, 4) is 0 Å². The van der Waals surface area contributed by atoms with E-state index in [9.17, 15) is 25.2 Å². The molecule has 7 nitrogen and oxygen atoms in total. The van der Waals surface area contributed by atoms with Gasteiger partial charge < -0.3 is 34.7 Å². The number of methoxy groups -OCH3 is 1. The third-order valence-corrected chi connectivity index (χ3v) is 4.96. The predicted molar refractivity (Wildman–Crippen MR) is 80.3 cm³/mol. The number of ether oxygens (including phenoxy) is 2. The van der Waals surface area contributed by atoms with Gasteiger partial charge in [-0.3, -0.25) is 0 Å². The number of hydrogen-bond acceptors (Lipinski definition) is 8. The first-order chi connectivity index (χ1) is 11.0. The van der Waals surface area contributed by atoms with Crippen LogP contribution in [0.15, 0.2) is 30.3 Å². The molecule has 1 heterocycles. The Balaban J connectivity index is 0.00000288. The summed E-state index contributed by atoms with van der Waals surface area (Å²) in [6.45, 7) is 0. The number of hydrogen-bond donors (Lipinski definition) is 3. The van der Waals surface area contributed by atoms with Crippen molar-refractivity contribution in [2.45, 2.75) is 36.0 Å². The van der Waals surface area contributed by atoms with Gasteiger partial charge in [0.2, 0.25) is 0 Å². The van der Waals surface area contributed by atoms with E-state index in [2.05, 4.69) is 0 Å². The van der Waals surface area contributed by atoms with Gasteiger partial charge in [0.15, 0.2) is 6.29 Å². The van der Waals surface area contributed by atoms with Gasteiger partial charge in [-0.1, -0.05) is 30.3 Å². The summed E-state index contributed by atoms with van der Waals surface area (Å²) >= 11 is 1.01. The fourth-order valence-corrected chi connectivity index (χ4v) is 3.51. The van der Waals surface area contributed by atoms with Crippen LogP contribution < -0.4 is 34.7 Å². The zero-order valence-corrected chi connectivity index (χ0v) is 16.3. The van der Waals surface area contributed by atoms with Crippen LogP contribution in [-0.2, 0) is 14.3 Å². The van der Waals surface area contributed by atoms with Crippen LogP contribution in [0.3, 0.4) is 0 Å². The number of thioether (sulfide) groups is 1. The van der Waals surface area contributed by atoms with Crippen LogP contribution in [0.4, 0.5) is 0 Å². The molecule has 3 N–H and O–H groups in total. The molecule has 0 aliphatic carbocycles. The van der Waals surface area contributed by atoms with E-state index in [4.69, 9.17) is 9.47 Å². The van der Waals surface area contributed by atoms with Crippen LogP contribution >= 0.6 is 11.8 Å². The molecule has 0 radical (unpaired) electrons. The first-order valence-corrected chi connectivity index (χ1v) is 8.10. The van der Waals surface area contributed by atoms with Crippen molar-refractivity contribution in [1.29, 1.82) is 0 Å². The van der Waals surface area contributed by atoms with Gasteiger partial charge in [0, 0.05) is 12.9 Å². The third-order valence-electron chi connectivity index (χ3n) is 3.64. The molecule has 24 heavy (non-hydrogen) atoms. The Bertz CT molecular complexity index is 516. The Hall–Kier alpha value is -0.160. The van der Waals surface area contributed by atoms with Crippen LogP contribution in [0.25, 0.3) is 0 Å². The second kappa shape index (κ2) is 10.1. The largest absolute Gasteiger partial charge is 1.00 e. The molecule has 1 unspecified atom stereocenters. The molecule has 1 aliphatic heterocycles. The molecule has 0 spiro atoms. The zero-order chi connectivity index (χ0) is 17.0. The zero-order valence-electron chi connectivity index (χ0n) is 13.4. The molecule has 9 heteroatoms. The van der Waals surface area contributed by atoms with Gasteiger partial charge in [0.25, 0.3) is 0 Å². The van der Waals surface area contributed by atoms with Gasteiger partial charge in [0.1, 0.15) is 18.3 Å². The second-order valence-corrected chi connectivity index (χ2v) is 6.33. The van der Waals surface area contributed by atoms with Gasteiger partial charge in [-0.25, -0.2) is 0 Å². The average molecular weight is 366 g/mol. The fourth-order valence-electron chi connectivity index (χ4n) is 2.37. The molecular formula is C15H19NaO7S. The average Bonchev–Trinajstić information content (AvgIpc) is 2.55. The quantitative estimate of drug-likeness (QED) is 0.433. The monoisotopic (exact) mass is 366 g/mol. The van der Waals surface area contributed by atoms with Crippen molar-refractivity contribution in [3.05, 3.63) is 35.9 Å². The van der Waals surface area contributed by atoms with Crippen LogP contribution in [0, 0.1) is 0 Å². The molecule has 1 aromatic rings. The van der Waals surface area contributed by atoms with Crippen LogP contribution in [0.2, 0.25) is 0 Å². The summed E-state index contributed by atoms with van der Waals surface area (Å²) < 4.78 is 10.3. The van der Waals surface area contributed by atoms with E-state index in [1.165, 1.54) is 7.11 Å². The minimum Gasteiger partial charge on any atom is -0.549 e.